The standard InChI is InChI=1S/C13H13N3S2/c1-2-13-15-7-10(18-13)6-14-9-3-4-11-12(5-9)17-8-16-11/h3-5,7-8,14H,2,6H2,1H3. The molecular weight excluding hydrogens is 262 g/mol. The fourth-order valence-electron chi connectivity index (χ4n) is 1.75. The molecule has 0 spiro atoms. The van der Waals surface area contributed by atoms with Gasteiger partial charge >= 0.3 is 0 Å². The van der Waals surface area contributed by atoms with Crippen molar-refractivity contribution in [2.45, 2.75) is 19.9 Å². The average Bonchev–Trinajstić information content (AvgIpc) is 3.04. The Hall–Kier alpha value is -1.46. The number of fused-ring (bicyclic) bond motifs is 1. The fourth-order valence-corrected chi connectivity index (χ4v) is 3.27. The van der Waals surface area contributed by atoms with Crippen molar-refractivity contribution in [3.63, 3.8) is 0 Å². The minimum absolute atomic E-state index is 0.835. The van der Waals surface area contributed by atoms with Crippen LogP contribution in [-0.4, -0.2) is 9.97 Å². The molecule has 3 nitrogen and oxygen atoms in total. The Morgan fingerprint density at radius 2 is 2.22 bits per heavy atom. The van der Waals surface area contributed by atoms with Crippen molar-refractivity contribution in [1.29, 1.82) is 0 Å². The zero-order chi connectivity index (χ0) is 12.4. The molecule has 0 aliphatic heterocycles. The minimum atomic E-state index is 0.835. The van der Waals surface area contributed by atoms with Crippen molar-refractivity contribution in [3.05, 3.63) is 39.8 Å². The third-order valence-electron chi connectivity index (χ3n) is 2.70. The van der Waals surface area contributed by atoms with Crippen LogP contribution >= 0.6 is 22.7 Å². The maximum Gasteiger partial charge on any atom is 0.0925 e. The highest BCUT2D eigenvalue weighted by Gasteiger charge is 2.01. The van der Waals surface area contributed by atoms with Crippen LogP contribution < -0.4 is 5.32 Å². The first-order valence-electron chi connectivity index (χ1n) is 5.86. The Labute approximate surface area is 114 Å². The molecule has 1 aromatic carbocycles. The topological polar surface area (TPSA) is 37.8 Å². The molecule has 2 heterocycles. The number of thiazole rings is 2. The van der Waals surface area contributed by atoms with Crippen molar-refractivity contribution in [1.82, 2.24) is 9.97 Å². The van der Waals surface area contributed by atoms with Gasteiger partial charge in [-0.2, -0.15) is 0 Å². The monoisotopic (exact) mass is 275 g/mol. The molecule has 92 valence electrons. The molecule has 0 amide bonds. The Morgan fingerprint density at radius 1 is 1.28 bits per heavy atom. The van der Waals surface area contributed by atoms with Gasteiger partial charge in [0, 0.05) is 16.8 Å². The highest BCUT2D eigenvalue weighted by atomic mass is 32.1. The summed E-state index contributed by atoms with van der Waals surface area (Å²) in [6, 6.07) is 6.27. The van der Waals surface area contributed by atoms with E-state index in [2.05, 4.69) is 40.4 Å². The summed E-state index contributed by atoms with van der Waals surface area (Å²) < 4.78 is 1.22. The summed E-state index contributed by atoms with van der Waals surface area (Å²) in [7, 11) is 0. The zero-order valence-corrected chi connectivity index (χ0v) is 11.6. The summed E-state index contributed by atoms with van der Waals surface area (Å²) in [4.78, 5) is 9.91. The highest BCUT2D eigenvalue weighted by Crippen LogP contribution is 2.22. The normalized spacial score (nSPS) is 10.9. The van der Waals surface area contributed by atoms with E-state index in [0.29, 0.717) is 0 Å². The van der Waals surface area contributed by atoms with E-state index in [1.54, 1.807) is 22.7 Å². The SMILES string of the molecule is CCc1ncc(CNc2ccc3ncsc3c2)s1. The van der Waals surface area contributed by atoms with Crippen molar-refractivity contribution in [2.24, 2.45) is 0 Å². The van der Waals surface area contributed by atoms with Gasteiger partial charge in [0.2, 0.25) is 0 Å². The van der Waals surface area contributed by atoms with Crippen LogP contribution in [0.25, 0.3) is 10.2 Å². The maximum atomic E-state index is 4.36. The van der Waals surface area contributed by atoms with E-state index in [1.165, 1.54) is 14.6 Å². The molecule has 3 aromatic rings. The van der Waals surface area contributed by atoms with Gasteiger partial charge in [0.05, 0.1) is 27.3 Å². The van der Waals surface area contributed by atoms with Crippen molar-refractivity contribution >= 4 is 38.6 Å². The lowest BCUT2D eigenvalue weighted by atomic mass is 10.3. The predicted octanol–water partition coefficient (Wildman–Crippen LogP) is 3.93. The summed E-state index contributed by atoms with van der Waals surface area (Å²) in [5.41, 5.74) is 4.08. The van der Waals surface area contributed by atoms with E-state index in [9.17, 15) is 0 Å². The van der Waals surface area contributed by atoms with E-state index in [1.807, 2.05) is 11.7 Å². The molecule has 18 heavy (non-hydrogen) atoms. The largest absolute Gasteiger partial charge is 0.380 e. The molecule has 1 N–H and O–H groups in total. The van der Waals surface area contributed by atoms with E-state index in [0.717, 1.165) is 24.2 Å². The minimum Gasteiger partial charge on any atom is -0.380 e. The van der Waals surface area contributed by atoms with Gasteiger partial charge in [-0.25, -0.2) is 9.97 Å². The van der Waals surface area contributed by atoms with E-state index in [4.69, 9.17) is 0 Å². The van der Waals surface area contributed by atoms with Crippen molar-refractivity contribution < 1.29 is 0 Å². The second-order valence-electron chi connectivity index (χ2n) is 3.96. The van der Waals surface area contributed by atoms with Crippen LogP contribution in [0.4, 0.5) is 5.69 Å². The third kappa shape index (κ3) is 2.37. The average molecular weight is 275 g/mol. The molecular formula is C13H13N3S2. The second-order valence-corrected chi connectivity index (χ2v) is 6.05. The molecule has 0 unspecified atom stereocenters. The zero-order valence-electron chi connectivity index (χ0n) is 10.0. The molecule has 0 fully saturated rings. The number of hydrogen-bond donors (Lipinski definition) is 1. The summed E-state index contributed by atoms with van der Waals surface area (Å²) in [5, 5.41) is 4.63. The molecule has 0 radical (unpaired) electrons. The van der Waals surface area contributed by atoms with Gasteiger partial charge in [0.25, 0.3) is 0 Å². The van der Waals surface area contributed by atoms with Gasteiger partial charge in [-0.15, -0.1) is 22.7 Å². The van der Waals surface area contributed by atoms with Crippen LogP contribution in [-0.2, 0) is 13.0 Å². The lowest BCUT2D eigenvalue weighted by Gasteiger charge is -2.03. The van der Waals surface area contributed by atoms with Gasteiger partial charge in [-0.3, -0.25) is 0 Å². The summed E-state index contributed by atoms with van der Waals surface area (Å²) in [6.07, 6.45) is 2.97. The number of aryl methyl sites for hydroxylation is 1. The number of anilines is 1. The second kappa shape index (κ2) is 5.04. The van der Waals surface area contributed by atoms with Crippen LogP contribution in [0.5, 0.6) is 0 Å². The first-order valence-corrected chi connectivity index (χ1v) is 7.55. The van der Waals surface area contributed by atoms with Gasteiger partial charge in [0.15, 0.2) is 0 Å². The quantitative estimate of drug-likeness (QED) is 0.784. The number of aromatic nitrogens is 2. The molecule has 2 aromatic heterocycles. The molecule has 0 bridgehead atoms. The summed E-state index contributed by atoms with van der Waals surface area (Å²) in [6.45, 7) is 2.97. The number of hydrogen-bond acceptors (Lipinski definition) is 5. The van der Waals surface area contributed by atoms with Gasteiger partial charge in [0.1, 0.15) is 0 Å². The number of nitrogens with one attached hydrogen (secondary N) is 1. The van der Waals surface area contributed by atoms with Crippen LogP contribution in [0.15, 0.2) is 29.9 Å². The number of rotatable bonds is 4. The predicted molar refractivity (Wildman–Crippen MR) is 78.4 cm³/mol. The first-order chi connectivity index (χ1) is 8.85. The molecule has 0 aliphatic rings. The van der Waals surface area contributed by atoms with E-state index >= 15 is 0 Å². The summed E-state index contributed by atoms with van der Waals surface area (Å²) in [5.74, 6) is 0. The molecule has 0 saturated heterocycles. The van der Waals surface area contributed by atoms with E-state index in [-0.39, 0.29) is 0 Å². The Bertz CT molecular complexity index is 657. The van der Waals surface area contributed by atoms with Gasteiger partial charge in [-0.1, -0.05) is 6.92 Å². The van der Waals surface area contributed by atoms with Crippen LogP contribution in [0.3, 0.4) is 0 Å². The smallest absolute Gasteiger partial charge is 0.0925 e. The first kappa shape index (κ1) is 11.6. The van der Waals surface area contributed by atoms with Gasteiger partial charge in [-0.05, 0) is 24.6 Å². The van der Waals surface area contributed by atoms with Crippen LogP contribution in [0.1, 0.15) is 16.8 Å². The van der Waals surface area contributed by atoms with Crippen LogP contribution in [0.2, 0.25) is 0 Å². The number of benzene rings is 1. The Balaban J connectivity index is 1.72. The molecule has 5 heteroatoms. The fraction of sp³-hybridized carbons (Fsp3) is 0.231. The van der Waals surface area contributed by atoms with Gasteiger partial charge < -0.3 is 5.32 Å². The third-order valence-corrected chi connectivity index (χ3v) is 4.64. The van der Waals surface area contributed by atoms with Crippen molar-refractivity contribution in [2.75, 3.05) is 5.32 Å². The summed E-state index contributed by atoms with van der Waals surface area (Å²) >= 11 is 3.44. The van der Waals surface area contributed by atoms with Crippen LogP contribution in [0, 0.1) is 0 Å². The Kier molecular flexibility index (Phi) is 3.25. The highest BCUT2D eigenvalue weighted by molar-refractivity contribution is 7.16. The molecule has 3 rings (SSSR count). The Morgan fingerprint density at radius 3 is 3.06 bits per heavy atom. The molecule has 0 atom stereocenters. The molecule has 0 aliphatic carbocycles. The van der Waals surface area contributed by atoms with Crippen molar-refractivity contribution in [3.8, 4) is 0 Å². The molecule has 0 saturated carbocycles. The number of nitrogens with zero attached hydrogens (tertiary/aromatic N) is 2. The van der Waals surface area contributed by atoms with E-state index < -0.39 is 0 Å². The maximum absolute atomic E-state index is 4.36. The lowest BCUT2D eigenvalue weighted by molar-refractivity contribution is 1.09. The lowest BCUT2D eigenvalue weighted by Crippen LogP contribution is -1.96.